The average molecular weight is 334 g/mol. The molecule has 132 valence electrons. The monoisotopic (exact) mass is 334 g/mol. The third-order valence-corrected chi connectivity index (χ3v) is 4.73. The number of carbonyl (C=O) groups excluding carboxylic acids is 1. The van der Waals surface area contributed by atoms with Crippen molar-refractivity contribution in [3.63, 3.8) is 0 Å². The van der Waals surface area contributed by atoms with E-state index in [9.17, 15) is 9.90 Å². The Morgan fingerprint density at radius 2 is 2.04 bits per heavy atom. The van der Waals surface area contributed by atoms with Crippen LogP contribution in [0.15, 0.2) is 24.3 Å². The number of benzene rings is 1. The Kier molecular flexibility index (Phi) is 5.58. The smallest absolute Gasteiger partial charge is 0.222 e. The number of ether oxygens (including phenoxy) is 2. The molecule has 0 bridgehead atoms. The number of hydrogen-bond donors (Lipinski definition) is 2. The molecule has 0 saturated carbocycles. The molecule has 2 atom stereocenters. The lowest BCUT2D eigenvalue weighted by atomic mass is 10.0. The number of carbonyl (C=O) groups is 1. The molecule has 2 heterocycles. The standard InChI is InChI=1S/C18H26N2O4/c1-2-18(22)20-9-7-13(8-10-20)19-11-14(21)17-12-23-15-5-3-4-6-16(15)24-17/h3-6,13-14,17,19,21H,2,7-12H2,1H3. The molecule has 1 fully saturated rings. The molecule has 2 aliphatic heterocycles. The second-order valence-corrected chi connectivity index (χ2v) is 6.40. The molecule has 1 amide bonds. The number of hydrogen-bond acceptors (Lipinski definition) is 5. The van der Waals surface area contributed by atoms with Gasteiger partial charge in [-0.15, -0.1) is 0 Å². The maximum atomic E-state index is 11.7. The van der Waals surface area contributed by atoms with Crippen molar-refractivity contribution in [2.24, 2.45) is 0 Å². The van der Waals surface area contributed by atoms with Crippen molar-refractivity contribution in [3.8, 4) is 11.5 Å². The number of fused-ring (bicyclic) bond motifs is 1. The minimum atomic E-state index is -0.631. The summed E-state index contributed by atoms with van der Waals surface area (Å²) in [4.78, 5) is 13.6. The number of aliphatic hydroxyl groups excluding tert-OH is 1. The first-order valence-corrected chi connectivity index (χ1v) is 8.75. The minimum absolute atomic E-state index is 0.222. The third kappa shape index (κ3) is 3.99. The lowest BCUT2D eigenvalue weighted by Gasteiger charge is -2.34. The van der Waals surface area contributed by atoms with Gasteiger partial charge in [0, 0.05) is 32.1 Å². The van der Waals surface area contributed by atoms with E-state index in [1.54, 1.807) is 0 Å². The summed E-state index contributed by atoms with van der Waals surface area (Å²) < 4.78 is 11.5. The summed E-state index contributed by atoms with van der Waals surface area (Å²) in [7, 11) is 0. The molecule has 1 aromatic rings. The summed E-state index contributed by atoms with van der Waals surface area (Å²) in [5, 5.41) is 13.8. The molecule has 2 unspecified atom stereocenters. The van der Waals surface area contributed by atoms with Gasteiger partial charge in [0.05, 0.1) is 0 Å². The zero-order valence-electron chi connectivity index (χ0n) is 14.1. The summed E-state index contributed by atoms with van der Waals surface area (Å²) in [6, 6.07) is 7.83. The Bertz CT molecular complexity index is 558. The lowest BCUT2D eigenvalue weighted by Crippen LogP contribution is -2.50. The number of likely N-dealkylation sites (tertiary alicyclic amines) is 1. The number of para-hydroxylation sites is 2. The maximum Gasteiger partial charge on any atom is 0.222 e. The van der Waals surface area contributed by atoms with Crippen molar-refractivity contribution < 1.29 is 19.4 Å². The van der Waals surface area contributed by atoms with Crippen LogP contribution >= 0.6 is 0 Å². The second-order valence-electron chi connectivity index (χ2n) is 6.40. The third-order valence-electron chi connectivity index (χ3n) is 4.73. The first-order chi connectivity index (χ1) is 11.7. The van der Waals surface area contributed by atoms with Gasteiger partial charge >= 0.3 is 0 Å². The van der Waals surface area contributed by atoms with Crippen molar-refractivity contribution in [2.75, 3.05) is 26.2 Å². The largest absolute Gasteiger partial charge is 0.486 e. The molecular weight excluding hydrogens is 308 g/mol. The van der Waals surface area contributed by atoms with Gasteiger partial charge < -0.3 is 24.8 Å². The Hall–Kier alpha value is -1.79. The van der Waals surface area contributed by atoms with Crippen LogP contribution in [0, 0.1) is 0 Å². The second kappa shape index (κ2) is 7.85. The van der Waals surface area contributed by atoms with Gasteiger partial charge in [-0.05, 0) is 25.0 Å². The van der Waals surface area contributed by atoms with Crippen molar-refractivity contribution in [2.45, 2.75) is 44.4 Å². The molecule has 1 aromatic carbocycles. The van der Waals surface area contributed by atoms with E-state index < -0.39 is 6.10 Å². The predicted molar refractivity (Wildman–Crippen MR) is 90.3 cm³/mol. The van der Waals surface area contributed by atoms with Crippen molar-refractivity contribution in [3.05, 3.63) is 24.3 Å². The molecule has 0 spiro atoms. The number of aliphatic hydroxyl groups is 1. The van der Waals surface area contributed by atoms with Crippen LogP contribution in [0.5, 0.6) is 11.5 Å². The number of nitrogens with one attached hydrogen (secondary N) is 1. The zero-order chi connectivity index (χ0) is 16.9. The maximum absolute atomic E-state index is 11.7. The van der Waals surface area contributed by atoms with E-state index in [1.807, 2.05) is 36.1 Å². The fourth-order valence-electron chi connectivity index (χ4n) is 3.20. The van der Waals surface area contributed by atoms with Crippen LogP contribution in [0.25, 0.3) is 0 Å². The first-order valence-electron chi connectivity index (χ1n) is 8.75. The van der Waals surface area contributed by atoms with Crippen LogP contribution in [-0.4, -0.2) is 60.4 Å². The highest BCUT2D eigenvalue weighted by molar-refractivity contribution is 5.75. The molecule has 2 aliphatic rings. The highest BCUT2D eigenvalue weighted by atomic mass is 16.6. The minimum Gasteiger partial charge on any atom is -0.486 e. The van der Waals surface area contributed by atoms with Crippen molar-refractivity contribution in [1.82, 2.24) is 10.2 Å². The normalized spacial score (nSPS) is 22.2. The van der Waals surface area contributed by atoms with Crippen LogP contribution in [-0.2, 0) is 4.79 Å². The van der Waals surface area contributed by atoms with E-state index in [1.165, 1.54) is 0 Å². The molecular formula is C18H26N2O4. The van der Waals surface area contributed by atoms with E-state index >= 15 is 0 Å². The van der Waals surface area contributed by atoms with Crippen LogP contribution in [0.1, 0.15) is 26.2 Å². The van der Waals surface area contributed by atoms with Crippen LogP contribution in [0.3, 0.4) is 0 Å². The molecule has 24 heavy (non-hydrogen) atoms. The molecule has 0 aliphatic carbocycles. The lowest BCUT2D eigenvalue weighted by molar-refractivity contribution is -0.132. The summed E-state index contributed by atoms with van der Waals surface area (Å²) in [6.07, 6.45) is 1.41. The van der Waals surface area contributed by atoms with Crippen LogP contribution < -0.4 is 14.8 Å². The number of nitrogens with zero attached hydrogens (tertiary/aromatic N) is 1. The topological polar surface area (TPSA) is 71.0 Å². The molecule has 2 N–H and O–H groups in total. The molecule has 6 nitrogen and oxygen atoms in total. The number of amides is 1. The van der Waals surface area contributed by atoms with Gasteiger partial charge in [0.25, 0.3) is 0 Å². The summed E-state index contributed by atoms with van der Waals surface area (Å²) >= 11 is 0. The van der Waals surface area contributed by atoms with Crippen LogP contribution in [0.4, 0.5) is 0 Å². The van der Waals surface area contributed by atoms with E-state index in [-0.39, 0.29) is 12.0 Å². The van der Waals surface area contributed by atoms with Gasteiger partial charge in [-0.3, -0.25) is 4.79 Å². The summed E-state index contributed by atoms with van der Waals surface area (Å²) in [5.74, 6) is 1.63. The van der Waals surface area contributed by atoms with Crippen LogP contribution in [0.2, 0.25) is 0 Å². The average Bonchev–Trinajstić information content (AvgIpc) is 2.65. The highest BCUT2D eigenvalue weighted by Crippen LogP contribution is 2.31. The fraction of sp³-hybridized carbons (Fsp3) is 0.611. The van der Waals surface area contributed by atoms with Gasteiger partial charge in [-0.2, -0.15) is 0 Å². The Labute approximate surface area is 142 Å². The van der Waals surface area contributed by atoms with Gasteiger partial charge in [0.1, 0.15) is 12.7 Å². The predicted octanol–water partition coefficient (Wildman–Crippen LogP) is 1.18. The number of piperidine rings is 1. The Balaban J connectivity index is 1.42. The van der Waals surface area contributed by atoms with Gasteiger partial charge in [-0.25, -0.2) is 0 Å². The van der Waals surface area contributed by atoms with Crippen molar-refractivity contribution >= 4 is 5.91 Å². The summed E-state index contributed by atoms with van der Waals surface area (Å²) in [6.45, 7) is 4.28. The molecule has 6 heteroatoms. The van der Waals surface area contributed by atoms with E-state index in [4.69, 9.17) is 9.47 Å². The van der Waals surface area contributed by atoms with E-state index in [0.29, 0.717) is 31.4 Å². The van der Waals surface area contributed by atoms with E-state index in [2.05, 4.69) is 5.32 Å². The highest BCUT2D eigenvalue weighted by Gasteiger charge is 2.28. The van der Waals surface area contributed by atoms with Gasteiger partial charge in [-0.1, -0.05) is 19.1 Å². The Morgan fingerprint density at radius 3 is 2.75 bits per heavy atom. The quantitative estimate of drug-likeness (QED) is 0.846. The molecule has 1 saturated heterocycles. The van der Waals surface area contributed by atoms with Gasteiger partial charge in [0.2, 0.25) is 5.91 Å². The molecule has 0 aromatic heterocycles. The first kappa shape index (κ1) is 17.0. The summed E-state index contributed by atoms with van der Waals surface area (Å²) in [5.41, 5.74) is 0. The zero-order valence-corrected chi connectivity index (χ0v) is 14.1. The fourth-order valence-corrected chi connectivity index (χ4v) is 3.20. The molecule has 3 rings (SSSR count). The SMILES string of the molecule is CCC(=O)N1CCC(NCC(O)C2COc3ccccc3O2)CC1. The van der Waals surface area contributed by atoms with Crippen molar-refractivity contribution in [1.29, 1.82) is 0 Å². The molecule has 0 radical (unpaired) electrons. The number of rotatable bonds is 5. The Morgan fingerprint density at radius 1 is 1.33 bits per heavy atom. The van der Waals surface area contributed by atoms with Gasteiger partial charge in [0.15, 0.2) is 17.6 Å². The van der Waals surface area contributed by atoms with E-state index in [0.717, 1.165) is 31.7 Å².